The van der Waals surface area contributed by atoms with E-state index in [4.69, 9.17) is 14.2 Å². The monoisotopic (exact) mass is 281 g/mol. The molecule has 0 atom stereocenters. The van der Waals surface area contributed by atoms with E-state index in [1.165, 1.54) is 6.07 Å². The summed E-state index contributed by atoms with van der Waals surface area (Å²) in [4.78, 5) is -0.325. The van der Waals surface area contributed by atoms with Gasteiger partial charge in [0.05, 0.1) is 0 Å². The van der Waals surface area contributed by atoms with Crippen molar-refractivity contribution in [2.45, 2.75) is 4.90 Å². The molecule has 0 bridgehead atoms. The Kier molecular flexibility index (Phi) is 14.9. The fourth-order valence-electron chi connectivity index (χ4n) is 0.619. The maximum atomic E-state index is 10.4. The first kappa shape index (κ1) is 22.0. The maximum absolute atomic E-state index is 10.4. The van der Waals surface area contributed by atoms with Crippen molar-refractivity contribution in [3.05, 3.63) is 24.3 Å². The third kappa shape index (κ3) is 9.94. The first-order valence-electron chi connectivity index (χ1n) is 3.06. The van der Waals surface area contributed by atoms with Crippen molar-refractivity contribution in [1.82, 2.24) is 0 Å². The molecule has 1 aromatic rings. The van der Waals surface area contributed by atoms with Crippen LogP contribution in [0.5, 0.6) is 0 Å². The number of hydrogen-bond donors (Lipinski definition) is 1. The predicted molar refractivity (Wildman–Crippen MR) is 46.6 cm³/mol. The van der Waals surface area contributed by atoms with Gasteiger partial charge in [0.1, 0.15) is 10.1 Å². The molecule has 1 rings (SSSR count). The van der Waals surface area contributed by atoms with Gasteiger partial charge in [-0.15, -0.1) is 6.07 Å². The molecule has 0 aliphatic heterocycles. The molecule has 2 N–H and O–H groups in total. The second-order valence-electron chi connectivity index (χ2n) is 2.00. The Bertz CT molecular complexity index is 444. The van der Waals surface area contributed by atoms with Gasteiger partial charge in [-0.2, -0.15) is 26.6 Å². The largest absolute Gasteiger partial charge is 1.00 e. The van der Waals surface area contributed by atoms with Crippen LogP contribution in [-0.4, -0.2) is 21.4 Å². The summed E-state index contributed by atoms with van der Waals surface area (Å²) in [6.45, 7) is 0. The average molecular weight is 281 g/mol. The molecule has 0 amide bonds. The molecular formula is C6H5NNa2O5S2. The van der Waals surface area contributed by atoms with Crippen molar-refractivity contribution in [3.63, 3.8) is 0 Å². The van der Waals surface area contributed by atoms with Crippen LogP contribution in [0.25, 0.3) is 0 Å². The normalized spacial score (nSPS) is 8.56. The smallest absolute Gasteiger partial charge is 0.746 e. The van der Waals surface area contributed by atoms with E-state index in [9.17, 15) is 13.0 Å². The Morgan fingerprint density at radius 3 is 2.00 bits per heavy atom. The fraction of sp³-hybridized carbons (Fsp3) is 0. The minimum atomic E-state index is -4.38. The van der Waals surface area contributed by atoms with Gasteiger partial charge in [0.15, 0.2) is 0 Å². The zero-order valence-electron chi connectivity index (χ0n) is 8.67. The number of nitrogen functional groups attached to an aromatic ring is 1. The van der Waals surface area contributed by atoms with E-state index >= 15 is 0 Å². The molecule has 0 radical (unpaired) electrons. The first-order chi connectivity index (χ1) is 6.41. The summed E-state index contributed by atoms with van der Waals surface area (Å²) in [6.07, 6.45) is 0. The summed E-state index contributed by atoms with van der Waals surface area (Å²) in [5, 5.41) is 0. The van der Waals surface area contributed by atoms with Crippen LogP contribution < -0.4 is 64.8 Å². The van der Waals surface area contributed by atoms with Gasteiger partial charge in [0.2, 0.25) is 0 Å². The van der Waals surface area contributed by atoms with Crippen LogP contribution in [0.3, 0.4) is 0 Å². The van der Waals surface area contributed by atoms with Crippen LogP contribution in [0, 0.1) is 6.07 Å². The van der Waals surface area contributed by atoms with E-state index in [-0.39, 0.29) is 69.7 Å². The van der Waals surface area contributed by atoms with E-state index < -0.39 is 21.7 Å². The van der Waals surface area contributed by atoms with Gasteiger partial charge in [-0.3, -0.25) is 0 Å². The number of anilines is 1. The van der Waals surface area contributed by atoms with Gasteiger partial charge in [0, 0.05) is 0 Å². The summed E-state index contributed by atoms with van der Waals surface area (Å²) < 4.78 is 47.7. The molecule has 0 aliphatic carbocycles. The second kappa shape index (κ2) is 10.9. The van der Waals surface area contributed by atoms with Crippen molar-refractivity contribution >= 4 is 27.4 Å². The molecule has 0 aliphatic rings. The summed E-state index contributed by atoms with van der Waals surface area (Å²) in [7, 11) is -4.38. The van der Waals surface area contributed by atoms with Gasteiger partial charge >= 0.3 is 70.7 Å². The predicted octanol–water partition coefficient (Wildman–Crippen LogP) is -6.69. The molecule has 0 saturated heterocycles. The third-order valence-corrected chi connectivity index (χ3v) is 1.92. The third-order valence-electron chi connectivity index (χ3n) is 1.08. The Hall–Kier alpha value is 0.750. The van der Waals surface area contributed by atoms with Crippen LogP contribution in [0.4, 0.5) is 5.69 Å². The van der Waals surface area contributed by atoms with Crippen LogP contribution in [0.2, 0.25) is 0 Å². The van der Waals surface area contributed by atoms with E-state index in [0.717, 1.165) is 12.1 Å². The van der Waals surface area contributed by atoms with Gasteiger partial charge in [-0.1, -0.05) is 10.6 Å². The van der Waals surface area contributed by atoms with Crippen molar-refractivity contribution in [2.75, 3.05) is 5.73 Å². The van der Waals surface area contributed by atoms with Crippen molar-refractivity contribution in [3.8, 4) is 0 Å². The van der Waals surface area contributed by atoms with E-state index in [2.05, 4.69) is 6.07 Å². The molecule has 0 fully saturated rings. The number of nitrogens with two attached hydrogens (primary N) is 1. The van der Waals surface area contributed by atoms with Crippen molar-refractivity contribution in [1.29, 1.82) is 0 Å². The molecule has 0 aromatic heterocycles. The van der Waals surface area contributed by atoms with E-state index in [1.807, 2.05) is 0 Å². The Balaban J connectivity index is -0.000000306. The van der Waals surface area contributed by atoms with Crippen LogP contribution in [-0.2, 0) is 21.7 Å². The topological polar surface area (TPSA) is 117 Å². The number of benzene rings is 1. The van der Waals surface area contributed by atoms with Crippen molar-refractivity contribution < 1.29 is 80.5 Å². The Morgan fingerprint density at radius 2 is 1.75 bits per heavy atom. The molecule has 10 heteroatoms. The molecule has 0 unspecified atom stereocenters. The molecular weight excluding hydrogens is 276 g/mol. The van der Waals surface area contributed by atoms with Gasteiger partial charge in [0.25, 0.3) is 0 Å². The summed E-state index contributed by atoms with van der Waals surface area (Å²) in [6, 6.07) is 6.03. The molecule has 6 nitrogen and oxygen atoms in total. The van der Waals surface area contributed by atoms with E-state index in [1.54, 1.807) is 0 Å². The fourth-order valence-corrected chi connectivity index (χ4v) is 1.12. The molecule has 78 valence electrons. The standard InChI is InChI=1S/C6H6NO3S.2Na.O2S/c7-5-2-1-3-6(4-5)11(8,9)10;;;1-3-2/h1,3-4H,7H2,(H,8,9,10);;;/q-1;2*+1;/p-1. The number of hydrogen-bond acceptors (Lipinski definition) is 6. The molecule has 1 aromatic carbocycles. The van der Waals surface area contributed by atoms with Gasteiger partial charge < -0.3 is 10.3 Å². The van der Waals surface area contributed by atoms with Gasteiger partial charge in [-0.05, 0) is 0 Å². The maximum Gasteiger partial charge on any atom is 1.00 e. The average Bonchev–Trinajstić information content (AvgIpc) is 2.04. The zero-order valence-corrected chi connectivity index (χ0v) is 14.3. The minimum absolute atomic E-state index is 0. The van der Waals surface area contributed by atoms with Gasteiger partial charge in [-0.25, -0.2) is 8.42 Å². The van der Waals surface area contributed by atoms with Crippen LogP contribution >= 0.6 is 0 Å². The van der Waals surface area contributed by atoms with Crippen LogP contribution in [0.15, 0.2) is 23.1 Å². The first-order valence-corrected chi connectivity index (χ1v) is 5.14. The molecule has 0 heterocycles. The van der Waals surface area contributed by atoms with E-state index in [0.29, 0.717) is 0 Å². The molecule has 0 spiro atoms. The Labute approximate surface area is 141 Å². The summed E-state index contributed by atoms with van der Waals surface area (Å²) in [5.74, 6) is 0. The quantitative estimate of drug-likeness (QED) is 0.237. The minimum Gasteiger partial charge on any atom is -0.746 e. The molecule has 0 saturated carbocycles. The zero-order chi connectivity index (χ0) is 11.2. The Morgan fingerprint density at radius 1 is 1.31 bits per heavy atom. The SMILES string of the molecule is Nc1[c-]ccc(S(=O)(=O)[O-])c1.O=S=O.[Na+].[Na+]. The van der Waals surface area contributed by atoms with Crippen molar-refractivity contribution in [2.24, 2.45) is 0 Å². The number of rotatable bonds is 1. The van der Waals surface area contributed by atoms with Crippen LogP contribution in [0.1, 0.15) is 0 Å². The summed E-state index contributed by atoms with van der Waals surface area (Å²) >= 11 is -0.750. The summed E-state index contributed by atoms with van der Waals surface area (Å²) in [5.41, 5.74) is 5.34. The molecule has 16 heavy (non-hydrogen) atoms. The second-order valence-corrected chi connectivity index (χ2v) is 3.52.